The van der Waals surface area contributed by atoms with Crippen molar-refractivity contribution in [3.05, 3.63) is 47.0 Å². The minimum absolute atomic E-state index is 0.105. The maximum atomic E-state index is 13.2. The van der Waals surface area contributed by atoms with Crippen LogP contribution in [0.4, 0.5) is 5.69 Å². The molecule has 1 N–H and O–H groups in total. The van der Waals surface area contributed by atoms with Crippen LogP contribution in [0.2, 0.25) is 5.02 Å². The van der Waals surface area contributed by atoms with Gasteiger partial charge in [-0.1, -0.05) is 11.6 Å². The molecule has 166 valence electrons. The number of thioether (sulfide) groups is 1. The van der Waals surface area contributed by atoms with Gasteiger partial charge < -0.3 is 19.7 Å². The van der Waals surface area contributed by atoms with E-state index in [2.05, 4.69) is 5.32 Å². The van der Waals surface area contributed by atoms with Crippen LogP contribution in [0.25, 0.3) is 0 Å². The van der Waals surface area contributed by atoms with Crippen molar-refractivity contribution in [1.29, 1.82) is 0 Å². The first kappa shape index (κ1) is 23.3. The van der Waals surface area contributed by atoms with E-state index in [1.54, 1.807) is 23.9 Å². The van der Waals surface area contributed by atoms with Gasteiger partial charge in [0.25, 0.3) is 5.91 Å². The van der Waals surface area contributed by atoms with Crippen molar-refractivity contribution in [1.82, 2.24) is 4.90 Å². The van der Waals surface area contributed by atoms with Gasteiger partial charge in [0.2, 0.25) is 5.91 Å². The van der Waals surface area contributed by atoms with Crippen molar-refractivity contribution in [3.63, 3.8) is 0 Å². The van der Waals surface area contributed by atoms with Gasteiger partial charge in [-0.3, -0.25) is 9.59 Å². The number of hydrogen-bond donors (Lipinski definition) is 1. The predicted molar refractivity (Wildman–Crippen MR) is 125 cm³/mol. The monoisotopic (exact) mass is 462 g/mol. The molecule has 1 saturated heterocycles. The van der Waals surface area contributed by atoms with Crippen LogP contribution in [0.15, 0.2) is 41.3 Å². The zero-order valence-electron chi connectivity index (χ0n) is 17.8. The lowest BCUT2D eigenvalue weighted by atomic mass is 10.1. The third-order valence-electron chi connectivity index (χ3n) is 5.08. The quantitative estimate of drug-likeness (QED) is 0.552. The number of nitrogens with one attached hydrogen (secondary N) is 1. The molecule has 6 nitrogen and oxygen atoms in total. The molecule has 2 aromatic carbocycles. The van der Waals surface area contributed by atoms with Crippen LogP contribution in [0.5, 0.6) is 11.5 Å². The van der Waals surface area contributed by atoms with Crippen LogP contribution in [0.1, 0.15) is 36.0 Å². The summed E-state index contributed by atoms with van der Waals surface area (Å²) in [5, 5.41) is 3.58. The van der Waals surface area contributed by atoms with Gasteiger partial charge >= 0.3 is 0 Å². The van der Waals surface area contributed by atoms with Gasteiger partial charge in [0.1, 0.15) is 0 Å². The molecule has 1 aliphatic heterocycles. The molecule has 1 aliphatic rings. The summed E-state index contributed by atoms with van der Waals surface area (Å²) in [6, 6.07) is 10.8. The summed E-state index contributed by atoms with van der Waals surface area (Å²) in [5.74, 6) is 1.26. The molecule has 0 unspecified atom stereocenters. The number of rotatable bonds is 8. The van der Waals surface area contributed by atoms with Crippen LogP contribution in [-0.2, 0) is 4.79 Å². The Labute approximate surface area is 192 Å². The number of methoxy groups -OCH3 is 2. The third-order valence-corrected chi connectivity index (χ3v) is 6.35. The fourth-order valence-electron chi connectivity index (χ4n) is 3.43. The average molecular weight is 463 g/mol. The Bertz CT molecular complexity index is 915. The average Bonchev–Trinajstić information content (AvgIpc) is 2.80. The number of carbonyl (C=O) groups is 2. The van der Waals surface area contributed by atoms with Crippen LogP contribution in [-0.4, -0.2) is 49.8 Å². The molecular formula is C23H27ClN2O4S. The van der Waals surface area contributed by atoms with Gasteiger partial charge in [-0.05, 0) is 49.6 Å². The number of amides is 2. The number of halogens is 1. The smallest absolute Gasteiger partial charge is 0.256 e. The number of anilines is 1. The zero-order valence-corrected chi connectivity index (χ0v) is 19.4. The molecule has 1 heterocycles. The van der Waals surface area contributed by atoms with E-state index < -0.39 is 0 Å². The van der Waals surface area contributed by atoms with Crippen molar-refractivity contribution < 1.29 is 19.1 Å². The van der Waals surface area contributed by atoms with Gasteiger partial charge in [-0.25, -0.2) is 0 Å². The van der Waals surface area contributed by atoms with Crippen molar-refractivity contribution >= 4 is 40.9 Å². The van der Waals surface area contributed by atoms with Gasteiger partial charge in [-0.2, -0.15) is 0 Å². The lowest BCUT2D eigenvalue weighted by Crippen LogP contribution is -2.36. The normalized spacial score (nSPS) is 13.6. The number of likely N-dealkylation sites (tertiary alicyclic amines) is 1. The molecule has 0 radical (unpaired) electrons. The summed E-state index contributed by atoms with van der Waals surface area (Å²) in [6.07, 6.45) is 3.41. The first-order chi connectivity index (χ1) is 15.0. The minimum Gasteiger partial charge on any atom is -0.493 e. The summed E-state index contributed by atoms with van der Waals surface area (Å²) in [5.41, 5.74) is 0.855. The van der Waals surface area contributed by atoms with Gasteiger partial charge in [0.05, 0.1) is 25.5 Å². The van der Waals surface area contributed by atoms with Crippen molar-refractivity contribution in [2.45, 2.75) is 30.6 Å². The van der Waals surface area contributed by atoms with E-state index >= 15 is 0 Å². The zero-order chi connectivity index (χ0) is 22.2. The van der Waals surface area contributed by atoms with E-state index in [0.29, 0.717) is 39.9 Å². The van der Waals surface area contributed by atoms with E-state index in [1.165, 1.54) is 14.2 Å². The number of carbonyl (C=O) groups excluding carboxylic acids is 2. The lowest BCUT2D eigenvalue weighted by Gasteiger charge is -2.28. The topological polar surface area (TPSA) is 67.9 Å². The highest BCUT2D eigenvalue weighted by Gasteiger charge is 2.24. The van der Waals surface area contributed by atoms with E-state index in [0.717, 1.165) is 37.2 Å². The number of hydrogen-bond acceptors (Lipinski definition) is 5. The number of ether oxygens (including phenoxy) is 2. The highest BCUT2D eigenvalue weighted by atomic mass is 35.5. The number of nitrogens with zero attached hydrogens (tertiary/aromatic N) is 1. The second-order valence-corrected chi connectivity index (χ2v) is 8.81. The molecule has 0 aliphatic carbocycles. The maximum absolute atomic E-state index is 13.2. The van der Waals surface area contributed by atoms with E-state index in [-0.39, 0.29) is 11.8 Å². The second kappa shape index (κ2) is 11.3. The standard InChI is InChI=1S/C23H27ClN2O4S/c1-29-20-14-18(23(28)26-11-4-3-5-12-26)19(15-21(20)30-2)25-22(27)10-13-31-17-8-6-16(24)7-9-17/h6-9,14-15H,3-5,10-13H2,1-2H3,(H,25,27). The molecule has 8 heteroatoms. The van der Waals surface area contributed by atoms with E-state index in [1.807, 2.05) is 29.2 Å². The molecule has 1 fully saturated rings. The predicted octanol–water partition coefficient (Wildman–Crippen LogP) is 5.10. The summed E-state index contributed by atoms with van der Waals surface area (Å²) in [7, 11) is 3.05. The highest BCUT2D eigenvalue weighted by molar-refractivity contribution is 7.99. The Morgan fingerprint density at radius 3 is 2.32 bits per heavy atom. The summed E-state index contributed by atoms with van der Waals surface area (Å²) < 4.78 is 10.7. The fraction of sp³-hybridized carbons (Fsp3) is 0.391. The number of benzene rings is 2. The number of piperidine rings is 1. The molecular weight excluding hydrogens is 436 g/mol. The summed E-state index contributed by atoms with van der Waals surface area (Å²) in [6.45, 7) is 1.44. The van der Waals surface area contributed by atoms with E-state index in [4.69, 9.17) is 21.1 Å². The molecule has 3 rings (SSSR count). The van der Waals surface area contributed by atoms with Gasteiger partial charge in [0.15, 0.2) is 11.5 Å². The van der Waals surface area contributed by atoms with Crippen molar-refractivity contribution in [3.8, 4) is 11.5 Å². The molecule has 0 spiro atoms. The molecule has 0 bridgehead atoms. The molecule has 2 amide bonds. The second-order valence-electron chi connectivity index (χ2n) is 7.21. The Morgan fingerprint density at radius 1 is 1.03 bits per heavy atom. The van der Waals surface area contributed by atoms with Gasteiger partial charge in [0, 0.05) is 41.2 Å². The Kier molecular flexibility index (Phi) is 8.49. The molecule has 31 heavy (non-hydrogen) atoms. The van der Waals surface area contributed by atoms with Crippen LogP contribution < -0.4 is 14.8 Å². The maximum Gasteiger partial charge on any atom is 0.256 e. The summed E-state index contributed by atoms with van der Waals surface area (Å²) >= 11 is 7.48. The van der Waals surface area contributed by atoms with Crippen LogP contribution in [0.3, 0.4) is 0 Å². The molecule has 0 aromatic heterocycles. The molecule has 2 aromatic rings. The highest BCUT2D eigenvalue weighted by Crippen LogP contribution is 2.34. The van der Waals surface area contributed by atoms with Crippen LogP contribution in [0, 0.1) is 0 Å². The first-order valence-electron chi connectivity index (χ1n) is 10.3. The Hall–Kier alpha value is -2.38. The molecule has 0 saturated carbocycles. The van der Waals surface area contributed by atoms with Crippen molar-refractivity contribution in [2.75, 3.05) is 38.4 Å². The summed E-state index contributed by atoms with van der Waals surface area (Å²) in [4.78, 5) is 28.7. The minimum atomic E-state index is -0.165. The van der Waals surface area contributed by atoms with E-state index in [9.17, 15) is 9.59 Å². The SMILES string of the molecule is COc1cc(NC(=O)CCSc2ccc(Cl)cc2)c(C(=O)N2CCCCC2)cc1OC. The Balaban J connectivity index is 1.72. The Morgan fingerprint density at radius 2 is 1.68 bits per heavy atom. The largest absolute Gasteiger partial charge is 0.493 e. The van der Waals surface area contributed by atoms with Gasteiger partial charge in [-0.15, -0.1) is 11.8 Å². The van der Waals surface area contributed by atoms with Crippen molar-refractivity contribution in [2.24, 2.45) is 0 Å². The lowest BCUT2D eigenvalue weighted by molar-refractivity contribution is -0.115. The van der Waals surface area contributed by atoms with Crippen LogP contribution >= 0.6 is 23.4 Å². The first-order valence-corrected chi connectivity index (χ1v) is 11.6. The molecule has 0 atom stereocenters. The third kappa shape index (κ3) is 6.31. The fourth-order valence-corrected chi connectivity index (χ4v) is 4.41.